The minimum absolute atomic E-state index is 0.128. The molecule has 0 radical (unpaired) electrons. The molecule has 0 aliphatic carbocycles. The lowest BCUT2D eigenvalue weighted by atomic mass is 10.1. The number of ether oxygens (including phenoxy) is 1. The van der Waals surface area contributed by atoms with E-state index >= 15 is 0 Å². The van der Waals surface area contributed by atoms with Gasteiger partial charge in [-0.15, -0.1) is 0 Å². The van der Waals surface area contributed by atoms with E-state index in [1.54, 1.807) is 0 Å². The van der Waals surface area contributed by atoms with Gasteiger partial charge in [0.2, 0.25) is 0 Å². The molecule has 15 heavy (non-hydrogen) atoms. The lowest BCUT2D eigenvalue weighted by Gasteiger charge is -2.14. The van der Waals surface area contributed by atoms with Crippen LogP contribution in [0.1, 0.15) is 24.9 Å². The second-order valence-electron chi connectivity index (χ2n) is 3.36. The first kappa shape index (κ1) is 12.0. The van der Waals surface area contributed by atoms with E-state index < -0.39 is 6.67 Å². The van der Waals surface area contributed by atoms with Crippen LogP contribution in [0, 0.1) is 0 Å². The molecule has 2 nitrogen and oxygen atoms in total. The van der Waals surface area contributed by atoms with Crippen LogP contribution < -0.4 is 10.1 Å². The molecule has 1 unspecified atom stereocenters. The number of alkyl halides is 1. The van der Waals surface area contributed by atoms with Gasteiger partial charge in [0.05, 0.1) is 0 Å². The highest BCUT2D eigenvalue weighted by Gasteiger charge is 2.05. The molecule has 1 aromatic carbocycles. The van der Waals surface area contributed by atoms with Crippen LogP contribution in [0.15, 0.2) is 24.3 Å². The molecule has 1 rings (SSSR count). The maximum absolute atomic E-state index is 11.9. The third-order valence-corrected chi connectivity index (χ3v) is 2.39. The van der Waals surface area contributed by atoms with Crippen LogP contribution in [0.2, 0.25) is 0 Å². The van der Waals surface area contributed by atoms with Gasteiger partial charge in [-0.05, 0) is 31.2 Å². The molecular formula is C12H18FNO. The molecule has 1 N–H and O–H groups in total. The van der Waals surface area contributed by atoms with Crippen LogP contribution >= 0.6 is 0 Å². The van der Waals surface area contributed by atoms with E-state index in [-0.39, 0.29) is 6.61 Å². The summed E-state index contributed by atoms with van der Waals surface area (Å²) in [7, 11) is 1.95. The quantitative estimate of drug-likeness (QED) is 0.781. The van der Waals surface area contributed by atoms with Gasteiger partial charge in [-0.25, -0.2) is 4.39 Å². The zero-order valence-electron chi connectivity index (χ0n) is 9.29. The predicted molar refractivity (Wildman–Crippen MR) is 60.0 cm³/mol. The summed E-state index contributed by atoms with van der Waals surface area (Å²) < 4.78 is 17.0. The van der Waals surface area contributed by atoms with Crippen molar-refractivity contribution in [3.8, 4) is 5.75 Å². The monoisotopic (exact) mass is 211 g/mol. The van der Waals surface area contributed by atoms with E-state index in [9.17, 15) is 4.39 Å². The minimum atomic E-state index is -0.449. The van der Waals surface area contributed by atoms with Crippen molar-refractivity contribution in [2.24, 2.45) is 0 Å². The second-order valence-corrected chi connectivity index (χ2v) is 3.36. The second kappa shape index (κ2) is 6.40. The Labute approximate surface area is 90.4 Å². The molecule has 1 aromatic rings. The average Bonchev–Trinajstić information content (AvgIpc) is 2.29. The van der Waals surface area contributed by atoms with Crippen LogP contribution in [0.3, 0.4) is 0 Å². The van der Waals surface area contributed by atoms with Gasteiger partial charge in [0.15, 0.2) is 0 Å². The largest absolute Gasteiger partial charge is 0.491 e. The summed E-state index contributed by atoms with van der Waals surface area (Å²) in [6, 6.07) is 8.16. The molecule has 84 valence electrons. The molecule has 0 bridgehead atoms. The molecule has 3 heteroatoms. The fraction of sp³-hybridized carbons (Fsp3) is 0.500. The van der Waals surface area contributed by atoms with Gasteiger partial charge in [-0.2, -0.15) is 0 Å². The molecule has 0 amide bonds. The maximum atomic E-state index is 11.9. The summed E-state index contributed by atoms with van der Waals surface area (Å²) in [6.07, 6.45) is 1.04. The molecule has 1 atom stereocenters. The molecular weight excluding hydrogens is 193 g/mol. The summed E-state index contributed by atoms with van der Waals surface area (Å²) in [6.45, 7) is 1.81. The van der Waals surface area contributed by atoms with Crippen molar-refractivity contribution in [2.75, 3.05) is 20.3 Å². The Morgan fingerprint density at radius 3 is 2.47 bits per heavy atom. The van der Waals surface area contributed by atoms with Gasteiger partial charge in [0, 0.05) is 6.04 Å². The highest BCUT2D eigenvalue weighted by Crippen LogP contribution is 2.19. The SMILES string of the molecule is CCC(NC)c1ccc(OCCF)cc1. The van der Waals surface area contributed by atoms with Crippen LogP contribution in [0.4, 0.5) is 4.39 Å². The van der Waals surface area contributed by atoms with Crippen molar-refractivity contribution in [1.82, 2.24) is 5.32 Å². The van der Waals surface area contributed by atoms with E-state index in [0.717, 1.165) is 12.2 Å². The average molecular weight is 211 g/mol. The van der Waals surface area contributed by atoms with Gasteiger partial charge in [0.1, 0.15) is 19.0 Å². The van der Waals surface area contributed by atoms with E-state index in [0.29, 0.717) is 6.04 Å². The lowest BCUT2D eigenvalue weighted by molar-refractivity contribution is 0.273. The molecule has 0 fully saturated rings. The standard InChI is InChI=1S/C12H18FNO/c1-3-12(14-2)10-4-6-11(7-5-10)15-9-8-13/h4-7,12,14H,3,8-9H2,1-2H3. The fourth-order valence-corrected chi connectivity index (χ4v) is 1.56. The normalized spacial score (nSPS) is 12.5. The highest BCUT2D eigenvalue weighted by atomic mass is 19.1. The van der Waals surface area contributed by atoms with Gasteiger partial charge in [0.25, 0.3) is 0 Å². The fourth-order valence-electron chi connectivity index (χ4n) is 1.56. The van der Waals surface area contributed by atoms with E-state index in [4.69, 9.17) is 4.74 Å². The molecule has 0 saturated carbocycles. The topological polar surface area (TPSA) is 21.3 Å². The lowest BCUT2D eigenvalue weighted by Crippen LogP contribution is -2.14. The van der Waals surface area contributed by atoms with Gasteiger partial charge in [-0.1, -0.05) is 19.1 Å². The van der Waals surface area contributed by atoms with Gasteiger partial charge in [-0.3, -0.25) is 0 Å². The van der Waals surface area contributed by atoms with Crippen LogP contribution in [0.5, 0.6) is 5.75 Å². The zero-order valence-corrected chi connectivity index (χ0v) is 9.29. The highest BCUT2D eigenvalue weighted by molar-refractivity contribution is 5.29. The first-order valence-electron chi connectivity index (χ1n) is 5.27. The molecule has 0 saturated heterocycles. The summed E-state index contributed by atoms with van der Waals surface area (Å²) in [5.74, 6) is 0.724. The number of hydrogen-bond donors (Lipinski definition) is 1. The summed E-state index contributed by atoms with van der Waals surface area (Å²) in [4.78, 5) is 0. The molecule has 0 heterocycles. The smallest absolute Gasteiger partial charge is 0.123 e. The van der Waals surface area contributed by atoms with E-state index in [1.807, 2.05) is 31.3 Å². The Kier molecular flexibility index (Phi) is 5.12. The Morgan fingerprint density at radius 2 is 2.00 bits per heavy atom. The summed E-state index contributed by atoms with van der Waals surface area (Å²) in [5, 5.41) is 3.23. The van der Waals surface area contributed by atoms with Crippen LogP contribution in [-0.2, 0) is 0 Å². The van der Waals surface area contributed by atoms with Gasteiger partial charge < -0.3 is 10.1 Å². The van der Waals surface area contributed by atoms with E-state index in [2.05, 4.69) is 12.2 Å². The van der Waals surface area contributed by atoms with Crippen molar-refractivity contribution < 1.29 is 9.13 Å². The minimum Gasteiger partial charge on any atom is -0.491 e. The molecule has 0 aliphatic heterocycles. The number of benzene rings is 1. The Morgan fingerprint density at radius 1 is 1.33 bits per heavy atom. The Hall–Kier alpha value is -1.09. The Balaban J connectivity index is 2.62. The van der Waals surface area contributed by atoms with Crippen molar-refractivity contribution in [1.29, 1.82) is 0 Å². The molecule has 0 aromatic heterocycles. The summed E-state index contributed by atoms with van der Waals surface area (Å²) >= 11 is 0. The first-order chi connectivity index (χ1) is 7.31. The third kappa shape index (κ3) is 3.51. The molecule has 0 spiro atoms. The number of rotatable bonds is 6. The van der Waals surface area contributed by atoms with Crippen molar-refractivity contribution in [3.63, 3.8) is 0 Å². The number of halogens is 1. The first-order valence-corrected chi connectivity index (χ1v) is 5.27. The number of nitrogens with one attached hydrogen (secondary N) is 1. The van der Waals surface area contributed by atoms with Gasteiger partial charge >= 0.3 is 0 Å². The Bertz CT molecular complexity index is 269. The van der Waals surface area contributed by atoms with Crippen LogP contribution in [0.25, 0.3) is 0 Å². The number of hydrogen-bond acceptors (Lipinski definition) is 2. The predicted octanol–water partition coefficient (Wildman–Crippen LogP) is 2.71. The summed E-state index contributed by atoms with van der Waals surface area (Å²) in [5.41, 5.74) is 1.23. The van der Waals surface area contributed by atoms with Crippen molar-refractivity contribution >= 4 is 0 Å². The third-order valence-electron chi connectivity index (χ3n) is 2.39. The van der Waals surface area contributed by atoms with E-state index in [1.165, 1.54) is 5.56 Å². The zero-order chi connectivity index (χ0) is 11.1. The molecule has 0 aliphatic rings. The van der Waals surface area contributed by atoms with Crippen molar-refractivity contribution in [2.45, 2.75) is 19.4 Å². The maximum Gasteiger partial charge on any atom is 0.123 e. The van der Waals surface area contributed by atoms with Crippen molar-refractivity contribution in [3.05, 3.63) is 29.8 Å². The van der Waals surface area contributed by atoms with Crippen LogP contribution in [-0.4, -0.2) is 20.3 Å².